The third-order valence-corrected chi connectivity index (χ3v) is 11.3. The van der Waals surface area contributed by atoms with Crippen LogP contribution in [0.5, 0.6) is 0 Å². The summed E-state index contributed by atoms with van der Waals surface area (Å²) < 4.78 is 0. The summed E-state index contributed by atoms with van der Waals surface area (Å²) in [5.41, 5.74) is 12.4. The van der Waals surface area contributed by atoms with Crippen molar-refractivity contribution in [3.63, 3.8) is 0 Å². The summed E-state index contributed by atoms with van der Waals surface area (Å²) in [5, 5.41) is 8.50. The fraction of sp³-hybridized carbons (Fsp3) is 0. The second kappa shape index (κ2) is 14.1. The predicted octanol–water partition coefficient (Wildman–Crippen LogP) is 14.5. The lowest BCUT2D eigenvalue weighted by Gasteiger charge is -2.16. The van der Waals surface area contributed by atoms with Crippen LogP contribution in [0.1, 0.15) is 0 Å². The van der Waals surface area contributed by atoms with E-state index in [1.54, 1.807) is 0 Å². The zero-order valence-corrected chi connectivity index (χ0v) is 31.5. The average molecular weight is 738 g/mol. The molecule has 0 aliphatic rings. The summed E-state index contributed by atoms with van der Waals surface area (Å²) in [6.07, 6.45) is 0. The van der Waals surface area contributed by atoms with E-state index in [-0.39, 0.29) is 0 Å². The molecule has 3 heteroatoms. The molecule has 0 saturated heterocycles. The molecule has 0 spiro atoms. The van der Waals surface area contributed by atoms with Gasteiger partial charge in [0.15, 0.2) is 5.82 Å². The van der Waals surface area contributed by atoms with Crippen molar-refractivity contribution < 1.29 is 0 Å². The van der Waals surface area contributed by atoms with Crippen molar-refractivity contribution in [2.24, 2.45) is 0 Å². The molecular weight excluding hydrogens is 703 g/mol. The average Bonchev–Trinajstić information content (AvgIpc) is 3.32. The van der Waals surface area contributed by atoms with Gasteiger partial charge in [0.25, 0.3) is 0 Å². The summed E-state index contributed by atoms with van der Waals surface area (Å²) >= 11 is 0. The first-order chi connectivity index (χ1) is 28.7. The fourth-order valence-corrected chi connectivity index (χ4v) is 8.41. The minimum atomic E-state index is 0.684. The second-order valence-corrected chi connectivity index (χ2v) is 14.7. The van der Waals surface area contributed by atoms with E-state index in [0.717, 1.165) is 55.8 Å². The Hall–Kier alpha value is -7.75. The van der Waals surface area contributed by atoms with Crippen molar-refractivity contribution >= 4 is 43.2 Å². The van der Waals surface area contributed by atoms with Crippen LogP contribution >= 0.6 is 0 Å². The molecule has 0 aliphatic carbocycles. The minimum absolute atomic E-state index is 0.684. The zero-order chi connectivity index (χ0) is 38.4. The minimum Gasteiger partial charge on any atom is -0.247 e. The number of benzene rings is 9. The molecule has 0 N–H and O–H groups in total. The van der Waals surface area contributed by atoms with Crippen molar-refractivity contribution in [2.45, 2.75) is 0 Å². The molecule has 0 saturated carbocycles. The standard InChI is InChI=1S/C55H35N3/c1-3-13-36(14-4-1)38-23-27-40(28-24-38)50-35-51(58-55(57-50)43-33-25-39(26-34-43)37-15-5-2-6-16-37)41-29-31-42(32-30-41)54-53-47-20-10-8-18-45(47)44-17-7-9-19-46(44)52(53)48-21-11-12-22-49(48)56-54/h1-35H. The fourth-order valence-electron chi connectivity index (χ4n) is 8.41. The van der Waals surface area contributed by atoms with Gasteiger partial charge in [-0.05, 0) is 55.9 Å². The number of pyridine rings is 1. The number of hydrogen-bond donors (Lipinski definition) is 0. The first-order valence-corrected chi connectivity index (χ1v) is 19.7. The van der Waals surface area contributed by atoms with E-state index in [0.29, 0.717) is 5.82 Å². The van der Waals surface area contributed by atoms with Gasteiger partial charge < -0.3 is 0 Å². The summed E-state index contributed by atoms with van der Waals surface area (Å²) in [6.45, 7) is 0. The van der Waals surface area contributed by atoms with Gasteiger partial charge in [-0.15, -0.1) is 0 Å². The van der Waals surface area contributed by atoms with Gasteiger partial charge in [0, 0.05) is 38.4 Å². The molecule has 2 heterocycles. The van der Waals surface area contributed by atoms with E-state index >= 15 is 0 Å². The predicted molar refractivity (Wildman–Crippen MR) is 242 cm³/mol. The van der Waals surface area contributed by atoms with Crippen LogP contribution in [0.3, 0.4) is 0 Å². The lowest BCUT2D eigenvalue weighted by Crippen LogP contribution is -1.96. The molecule has 11 aromatic rings. The van der Waals surface area contributed by atoms with Gasteiger partial charge in [-0.1, -0.05) is 200 Å². The third kappa shape index (κ3) is 5.89. The first kappa shape index (κ1) is 33.6. The van der Waals surface area contributed by atoms with Crippen LogP contribution in [0.4, 0.5) is 0 Å². The highest BCUT2D eigenvalue weighted by atomic mass is 14.9. The van der Waals surface area contributed by atoms with E-state index in [1.165, 1.54) is 49.0 Å². The molecule has 0 fully saturated rings. The topological polar surface area (TPSA) is 38.7 Å². The molecule has 0 amide bonds. The molecule has 11 rings (SSSR count). The number of nitrogens with zero attached hydrogens (tertiary/aromatic N) is 3. The Morgan fingerprint density at radius 1 is 0.241 bits per heavy atom. The Morgan fingerprint density at radius 2 is 0.621 bits per heavy atom. The van der Waals surface area contributed by atoms with Crippen LogP contribution in [0, 0.1) is 0 Å². The Bertz CT molecular complexity index is 3180. The number of rotatable bonds is 6. The highest BCUT2D eigenvalue weighted by molar-refractivity contribution is 6.33. The van der Waals surface area contributed by atoms with Gasteiger partial charge in [-0.25, -0.2) is 15.0 Å². The molecule has 9 aromatic carbocycles. The smallest absolute Gasteiger partial charge is 0.160 e. The summed E-state index contributed by atoms with van der Waals surface area (Å²) in [4.78, 5) is 15.7. The Kier molecular flexibility index (Phi) is 8.15. The molecular formula is C55H35N3. The normalized spacial score (nSPS) is 11.4. The van der Waals surface area contributed by atoms with Crippen molar-refractivity contribution in [1.82, 2.24) is 15.0 Å². The van der Waals surface area contributed by atoms with Gasteiger partial charge >= 0.3 is 0 Å². The van der Waals surface area contributed by atoms with Gasteiger partial charge in [-0.3, -0.25) is 0 Å². The van der Waals surface area contributed by atoms with Crippen molar-refractivity contribution in [3.05, 3.63) is 212 Å². The second-order valence-electron chi connectivity index (χ2n) is 14.7. The molecule has 0 aliphatic heterocycles. The quantitative estimate of drug-likeness (QED) is 0.160. The zero-order valence-electron chi connectivity index (χ0n) is 31.5. The molecule has 2 aromatic heterocycles. The Balaban J connectivity index is 1.05. The lowest BCUT2D eigenvalue weighted by atomic mass is 9.90. The highest BCUT2D eigenvalue weighted by Crippen LogP contribution is 2.43. The first-order valence-electron chi connectivity index (χ1n) is 19.7. The van der Waals surface area contributed by atoms with E-state index in [1.807, 2.05) is 12.1 Å². The molecule has 0 bridgehead atoms. The van der Waals surface area contributed by atoms with Crippen LogP contribution in [-0.4, -0.2) is 15.0 Å². The van der Waals surface area contributed by atoms with Gasteiger partial charge in [0.05, 0.1) is 22.6 Å². The largest absolute Gasteiger partial charge is 0.247 e. The maximum atomic E-state index is 5.37. The van der Waals surface area contributed by atoms with E-state index in [4.69, 9.17) is 15.0 Å². The van der Waals surface area contributed by atoms with Gasteiger partial charge in [0.1, 0.15) is 0 Å². The van der Waals surface area contributed by atoms with Gasteiger partial charge in [0.2, 0.25) is 0 Å². The number of fused-ring (bicyclic) bond motifs is 8. The molecule has 270 valence electrons. The molecule has 0 radical (unpaired) electrons. The number of hydrogen-bond acceptors (Lipinski definition) is 3. The van der Waals surface area contributed by atoms with Gasteiger partial charge in [-0.2, -0.15) is 0 Å². The highest BCUT2D eigenvalue weighted by Gasteiger charge is 2.18. The summed E-state index contributed by atoms with van der Waals surface area (Å²) in [7, 11) is 0. The molecule has 0 atom stereocenters. The van der Waals surface area contributed by atoms with Crippen molar-refractivity contribution in [2.75, 3.05) is 0 Å². The monoisotopic (exact) mass is 737 g/mol. The summed E-state index contributed by atoms with van der Waals surface area (Å²) in [6, 6.07) is 75.0. The van der Waals surface area contributed by atoms with Crippen LogP contribution in [0.25, 0.3) is 111 Å². The van der Waals surface area contributed by atoms with Crippen LogP contribution < -0.4 is 0 Å². The maximum absolute atomic E-state index is 5.37. The molecule has 3 nitrogen and oxygen atoms in total. The number of para-hydroxylation sites is 1. The van der Waals surface area contributed by atoms with E-state index in [2.05, 4.69) is 200 Å². The van der Waals surface area contributed by atoms with Crippen LogP contribution in [-0.2, 0) is 0 Å². The molecule has 0 unspecified atom stereocenters. The van der Waals surface area contributed by atoms with Crippen LogP contribution in [0.15, 0.2) is 212 Å². The Labute approximate surface area is 336 Å². The van der Waals surface area contributed by atoms with E-state index in [9.17, 15) is 0 Å². The van der Waals surface area contributed by atoms with Crippen molar-refractivity contribution in [1.29, 1.82) is 0 Å². The number of aromatic nitrogens is 3. The molecule has 58 heavy (non-hydrogen) atoms. The lowest BCUT2D eigenvalue weighted by molar-refractivity contribution is 1.18. The van der Waals surface area contributed by atoms with E-state index < -0.39 is 0 Å². The third-order valence-electron chi connectivity index (χ3n) is 11.3. The Morgan fingerprint density at radius 3 is 1.16 bits per heavy atom. The summed E-state index contributed by atoms with van der Waals surface area (Å²) in [5.74, 6) is 0.684. The SMILES string of the molecule is c1ccc(-c2ccc(-c3cc(-c4ccc(-c5nc6ccccc6c6c7ccccc7c7ccccc7c56)cc4)nc(-c4ccc(-c5ccccc5)cc4)n3)cc2)cc1. The maximum Gasteiger partial charge on any atom is 0.160 e. The van der Waals surface area contributed by atoms with Crippen LogP contribution in [0.2, 0.25) is 0 Å². The van der Waals surface area contributed by atoms with Crippen molar-refractivity contribution in [3.8, 4) is 67.4 Å².